The Balaban J connectivity index is 1.28. The average Bonchev–Trinajstić information content (AvgIpc) is 3.50. The Hall–Kier alpha value is -4.68. The van der Waals surface area contributed by atoms with Crippen LogP contribution in [0.4, 0.5) is 29.6 Å². The van der Waals surface area contributed by atoms with E-state index in [1.54, 1.807) is 41.6 Å². The number of hydrogen-bond acceptors (Lipinski definition) is 7. The number of alkyl halides is 3. The number of carbonyl (C=O) groups is 2. The lowest BCUT2D eigenvalue weighted by Gasteiger charge is -2.31. The molecule has 39 heavy (non-hydrogen) atoms. The molecule has 2 atom stereocenters. The molecule has 6 rings (SSSR count). The van der Waals surface area contributed by atoms with Gasteiger partial charge in [0, 0.05) is 42.2 Å². The van der Waals surface area contributed by atoms with Crippen LogP contribution in [0.5, 0.6) is 0 Å². The van der Waals surface area contributed by atoms with Crippen LogP contribution < -0.4 is 11.1 Å². The van der Waals surface area contributed by atoms with Crippen molar-refractivity contribution < 1.29 is 27.5 Å². The van der Waals surface area contributed by atoms with Gasteiger partial charge >= 0.3 is 12.3 Å². The van der Waals surface area contributed by atoms with Crippen LogP contribution in [-0.4, -0.2) is 55.4 Å². The van der Waals surface area contributed by atoms with E-state index in [1.807, 2.05) is 4.40 Å². The highest BCUT2D eigenvalue weighted by atomic mass is 19.4. The number of carbonyl (C=O) groups excluding carboxylic acids is 2. The fourth-order valence-corrected chi connectivity index (χ4v) is 5.10. The van der Waals surface area contributed by atoms with Crippen LogP contribution >= 0.6 is 0 Å². The van der Waals surface area contributed by atoms with Crippen molar-refractivity contribution in [1.29, 1.82) is 0 Å². The molecule has 3 aromatic heterocycles. The summed E-state index contributed by atoms with van der Waals surface area (Å²) in [6, 6.07) is 8.13. The van der Waals surface area contributed by atoms with Crippen LogP contribution in [0.2, 0.25) is 0 Å². The normalized spacial score (nSPS) is 19.2. The fourth-order valence-electron chi connectivity index (χ4n) is 5.10. The number of nitrogens with one attached hydrogen (secondary N) is 1. The van der Waals surface area contributed by atoms with E-state index >= 15 is 0 Å². The third-order valence-corrected chi connectivity index (χ3v) is 7.06. The summed E-state index contributed by atoms with van der Waals surface area (Å²) in [6.07, 6.45) is 1.09. The summed E-state index contributed by atoms with van der Waals surface area (Å²) < 4.78 is 46.0. The van der Waals surface area contributed by atoms with E-state index in [1.165, 1.54) is 0 Å². The number of halogens is 3. The fraction of sp³-hybridized carbons (Fsp3) is 0.269. The Morgan fingerprint density at radius 3 is 2.67 bits per heavy atom. The number of amides is 2. The number of fused-ring (bicyclic) bond motifs is 2. The summed E-state index contributed by atoms with van der Waals surface area (Å²) in [5.74, 6) is 0.154. The number of anilines is 2. The molecule has 10 nitrogen and oxygen atoms in total. The van der Waals surface area contributed by atoms with Crippen LogP contribution in [0.1, 0.15) is 40.5 Å². The first-order valence-corrected chi connectivity index (χ1v) is 12.2. The highest BCUT2D eigenvalue weighted by Crippen LogP contribution is 2.37. The monoisotopic (exact) mass is 537 g/mol. The molecule has 1 aromatic carbocycles. The van der Waals surface area contributed by atoms with Crippen LogP contribution in [-0.2, 0) is 10.9 Å². The lowest BCUT2D eigenvalue weighted by molar-refractivity contribution is -0.137. The van der Waals surface area contributed by atoms with Gasteiger partial charge < -0.3 is 20.7 Å². The SMILES string of the molecule is Nc1nccn2c([C@H]3CC[C@@H]4COC(=O)N4C3)nc(-c3ccc(C(=O)Nc4cc(C(F)(F)F)ccn4)cc3)c12. The summed E-state index contributed by atoms with van der Waals surface area (Å²) in [4.78, 5) is 39.5. The quantitative estimate of drug-likeness (QED) is 0.396. The summed E-state index contributed by atoms with van der Waals surface area (Å²) in [7, 11) is 0. The predicted molar refractivity (Wildman–Crippen MR) is 134 cm³/mol. The molecular weight excluding hydrogens is 515 g/mol. The van der Waals surface area contributed by atoms with Crippen molar-refractivity contribution in [3.05, 3.63) is 71.9 Å². The van der Waals surface area contributed by atoms with E-state index in [0.29, 0.717) is 29.9 Å². The number of benzene rings is 1. The zero-order chi connectivity index (χ0) is 27.3. The number of cyclic esters (lactones) is 1. The summed E-state index contributed by atoms with van der Waals surface area (Å²) >= 11 is 0. The van der Waals surface area contributed by atoms with Gasteiger partial charge in [-0.2, -0.15) is 13.2 Å². The Morgan fingerprint density at radius 2 is 1.90 bits per heavy atom. The number of rotatable bonds is 4. The molecule has 0 radical (unpaired) electrons. The number of ether oxygens (including phenoxy) is 1. The van der Waals surface area contributed by atoms with Gasteiger partial charge in [0.25, 0.3) is 5.91 Å². The van der Waals surface area contributed by atoms with Crippen LogP contribution in [0.3, 0.4) is 0 Å². The Kier molecular flexibility index (Phi) is 5.85. The molecule has 5 heterocycles. The molecule has 13 heteroatoms. The van der Waals surface area contributed by atoms with Crippen LogP contribution in [0.25, 0.3) is 16.8 Å². The van der Waals surface area contributed by atoms with Gasteiger partial charge in [0.2, 0.25) is 0 Å². The molecule has 2 fully saturated rings. The maximum absolute atomic E-state index is 13.0. The summed E-state index contributed by atoms with van der Waals surface area (Å²) in [6.45, 7) is 0.882. The van der Waals surface area contributed by atoms with Gasteiger partial charge in [0.05, 0.1) is 11.6 Å². The molecule has 3 N–H and O–H groups in total. The molecule has 4 aromatic rings. The van der Waals surface area contributed by atoms with E-state index in [4.69, 9.17) is 15.5 Å². The molecule has 2 saturated heterocycles. The molecule has 0 aliphatic carbocycles. The second-order valence-electron chi connectivity index (χ2n) is 9.47. The van der Waals surface area contributed by atoms with Crippen LogP contribution in [0, 0.1) is 0 Å². The van der Waals surface area contributed by atoms with Crippen molar-refractivity contribution in [2.24, 2.45) is 0 Å². The van der Waals surface area contributed by atoms with E-state index < -0.39 is 17.6 Å². The second kappa shape index (κ2) is 9.26. The number of imidazole rings is 1. The number of nitrogens with two attached hydrogens (primary N) is 1. The second-order valence-corrected chi connectivity index (χ2v) is 9.47. The predicted octanol–water partition coefficient (Wildman–Crippen LogP) is 4.34. The third-order valence-electron chi connectivity index (χ3n) is 7.06. The van der Waals surface area contributed by atoms with Gasteiger partial charge in [-0.15, -0.1) is 0 Å². The standard InChI is InChI=1S/C26H22F3N7O3/c27-26(28,29)17-7-8-31-19(11-17)33-24(37)15-3-1-14(2-4-15)20-21-22(30)32-9-10-35(21)23(34-20)16-5-6-18-13-39-25(38)36(18)12-16/h1-4,7-11,16,18H,5-6,12-13H2,(H2,30,32)(H,31,33,37)/t16-,18+/m0/s1. The topological polar surface area (TPSA) is 128 Å². The first kappa shape index (κ1) is 24.6. The van der Waals surface area contributed by atoms with Gasteiger partial charge in [0.1, 0.15) is 35.3 Å². The number of aromatic nitrogens is 4. The molecule has 0 bridgehead atoms. The highest BCUT2D eigenvalue weighted by molar-refractivity contribution is 6.04. The molecule has 2 aliphatic rings. The lowest BCUT2D eigenvalue weighted by Crippen LogP contribution is -2.41. The smallest absolute Gasteiger partial charge is 0.416 e. The number of nitrogens with zero attached hydrogens (tertiary/aromatic N) is 5. The number of hydrogen-bond donors (Lipinski definition) is 2. The Labute approximate surface area is 219 Å². The molecule has 2 aliphatic heterocycles. The van der Waals surface area contributed by atoms with Gasteiger partial charge in [-0.3, -0.25) is 9.20 Å². The van der Waals surface area contributed by atoms with E-state index in [9.17, 15) is 22.8 Å². The number of pyridine rings is 1. The van der Waals surface area contributed by atoms with Gasteiger partial charge in [-0.1, -0.05) is 12.1 Å². The first-order valence-electron chi connectivity index (χ1n) is 12.2. The molecule has 0 saturated carbocycles. The van der Waals surface area contributed by atoms with Gasteiger partial charge in [0.15, 0.2) is 0 Å². The Bertz CT molecular complexity index is 1590. The largest absolute Gasteiger partial charge is 0.447 e. The minimum absolute atomic E-state index is 0.0417. The number of piperidine rings is 1. The van der Waals surface area contributed by atoms with Crippen molar-refractivity contribution in [3.63, 3.8) is 0 Å². The van der Waals surface area contributed by atoms with E-state index in [0.717, 1.165) is 37.0 Å². The molecular formula is C26H22F3N7O3. The zero-order valence-electron chi connectivity index (χ0n) is 20.4. The zero-order valence-corrected chi connectivity index (χ0v) is 20.4. The van der Waals surface area contributed by atoms with Gasteiger partial charge in [-0.25, -0.2) is 19.7 Å². The van der Waals surface area contributed by atoms with Gasteiger partial charge in [-0.05, 0) is 37.1 Å². The minimum atomic E-state index is -4.55. The lowest BCUT2D eigenvalue weighted by atomic mass is 9.93. The number of nitrogen functional groups attached to an aromatic ring is 1. The van der Waals surface area contributed by atoms with Crippen molar-refractivity contribution in [2.75, 3.05) is 24.2 Å². The first-order chi connectivity index (χ1) is 18.7. The van der Waals surface area contributed by atoms with Crippen molar-refractivity contribution in [2.45, 2.75) is 31.0 Å². The molecule has 0 unspecified atom stereocenters. The van der Waals surface area contributed by atoms with Crippen LogP contribution in [0.15, 0.2) is 55.0 Å². The minimum Gasteiger partial charge on any atom is -0.447 e. The van der Waals surface area contributed by atoms with E-state index in [2.05, 4.69) is 15.3 Å². The third kappa shape index (κ3) is 4.49. The van der Waals surface area contributed by atoms with Crippen molar-refractivity contribution in [3.8, 4) is 11.3 Å². The van der Waals surface area contributed by atoms with Crippen molar-refractivity contribution in [1.82, 2.24) is 24.3 Å². The maximum atomic E-state index is 13.0. The maximum Gasteiger partial charge on any atom is 0.416 e. The van der Waals surface area contributed by atoms with Crippen molar-refractivity contribution >= 4 is 29.2 Å². The Morgan fingerprint density at radius 1 is 1.10 bits per heavy atom. The summed E-state index contributed by atoms with van der Waals surface area (Å²) in [5.41, 5.74) is 7.39. The highest BCUT2D eigenvalue weighted by Gasteiger charge is 2.40. The molecule has 2 amide bonds. The average molecular weight is 538 g/mol. The van der Waals surface area contributed by atoms with E-state index in [-0.39, 0.29) is 35.3 Å². The molecule has 0 spiro atoms. The summed E-state index contributed by atoms with van der Waals surface area (Å²) in [5, 5.41) is 2.40. The molecule has 200 valence electrons.